The fourth-order valence-electron chi connectivity index (χ4n) is 0.661. The average molecular weight is 164 g/mol. The number of rotatable bonds is 5. The van der Waals surface area contributed by atoms with Crippen molar-refractivity contribution in [3.8, 4) is 0 Å². The van der Waals surface area contributed by atoms with Crippen LogP contribution in [0.5, 0.6) is 0 Å². The van der Waals surface area contributed by atoms with Crippen LogP contribution in [0.1, 0.15) is 26.2 Å². The molecule has 0 aliphatic carbocycles. The van der Waals surface area contributed by atoms with Gasteiger partial charge in [0, 0.05) is 19.3 Å². The Morgan fingerprint density at radius 3 is 2.60 bits per heavy atom. The molecule has 1 amide bonds. The number of nitrogens with one attached hydrogen (secondary N) is 1. The van der Waals surface area contributed by atoms with E-state index in [2.05, 4.69) is 5.32 Å². The molecule has 0 rings (SSSR count). The third kappa shape index (κ3) is 7.76. The van der Waals surface area contributed by atoms with E-state index in [0.29, 0.717) is 0 Å². The van der Waals surface area contributed by atoms with Gasteiger partial charge >= 0.3 is 0 Å². The van der Waals surface area contributed by atoms with E-state index in [1.54, 1.807) is 0 Å². The molecule has 0 heterocycles. The van der Waals surface area contributed by atoms with Crippen LogP contribution in [0, 0.1) is 0 Å². The minimum Gasteiger partial charge on any atom is -0.356 e. The highest BCUT2D eigenvalue weighted by molar-refractivity contribution is 6.17. The summed E-state index contributed by atoms with van der Waals surface area (Å²) in [5.41, 5.74) is 0. The molecule has 60 valence electrons. The van der Waals surface area contributed by atoms with Gasteiger partial charge in [-0.1, -0.05) is 6.42 Å². The molecule has 0 spiro atoms. The topological polar surface area (TPSA) is 29.1 Å². The molecule has 2 nitrogen and oxygen atoms in total. The lowest BCUT2D eigenvalue weighted by molar-refractivity contribution is -0.118. The average Bonchev–Trinajstić information content (AvgIpc) is 1.87. The lowest BCUT2D eigenvalue weighted by Gasteiger charge is -1.99. The van der Waals surface area contributed by atoms with Crippen LogP contribution in [0.4, 0.5) is 0 Å². The van der Waals surface area contributed by atoms with Gasteiger partial charge in [-0.15, -0.1) is 11.6 Å². The second-order valence-electron chi connectivity index (χ2n) is 2.23. The summed E-state index contributed by atoms with van der Waals surface area (Å²) in [7, 11) is 0. The van der Waals surface area contributed by atoms with Crippen molar-refractivity contribution in [1.29, 1.82) is 0 Å². The monoisotopic (exact) mass is 163 g/mol. The van der Waals surface area contributed by atoms with Crippen molar-refractivity contribution in [2.45, 2.75) is 26.2 Å². The van der Waals surface area contributed by atoms with Gasteiger partial charge in [-0.3, -0.25) is 4.79 Å². The normalized spacial score (nSPS) is 9.40. The summed E-state index contributed by atoms with van der Waals surface area (Å²) in [5.74, 6) is 0.769. The first kappa shape index (κ1) is 9.76. The Bertz CT molecular complexity index is 95.6. The van der Waals surface area contributed by atoms with Gasteiger partial charge < -0.3 is 5.32 Å². The van der Waals surface area contributed by atoms with Gasteiger partial charge in [-0.05, 0) is 12.8 Å². The molecule has 0 radical (unpaired) electrons. The molecule has 0 aliphatic heterocycles. The number of amides is 1. The van der Waals surface area contributed by atoms with Crippen molar-refractivity contribution in [3.05, 3.63) is 0 Å². The molecular weight excluding hydrogens is 150 g/mol. The molecule has 0 fully saturated rings. The van der Waals surface area contributed by atoms with Gasteiger partial charge in [-0.2, -0.15) is 0 Å². The summed E-state index contributed by atoms with van der Waals surface area (Å²) in [5, 5.41) is 2.72. The van der Waals surface area contributed by atoms with Crippen molar-refractivity contribution >= 4 is 17.5 Å². The third-order valence-corrected chi connectivity index (χ3v) is 1.45. The van der Waals surface area contributed by atoms with Crippen LogP contribution < -0.4 is 5.32 Å². The Kier molecular flexibility index (Phi) is 6.71. The van der Waals surface area contributed by atoms with Crippen LogP contribution in [0.25, 0.3) is 0 Å². The zero-order chi connectivity index (χ0) is 7.82. The first-order chi connectivity index (χ1) is 4.77. The van der Waals surface area contributed by atoms with E-state index in [1.165, 1.54) is 6.92 Å². The Balaban J connectivity index is 2.84. The van der Waals surface area contributed by atoms with E-state index >= 15 is 0 Å². The summed E-state index contributed by atoms with van der Waals surface area (Å²) < 4.78 is 0. The van der Waals surface area contributed by atoms with E-state index in [-0.39, 0.29) is 5.91 Å². The van der Waals surface area contributed by atoms with Crippen LogP contribution >= 0.6 is 11.6 Å². The Labute approximate surface area is 66.9 Å². The minimum absolute atomic E-state index is 0.0471. The van der Waals surface area contributed by atoms with Crippen molar-refractivity contribution in [1.82, 2.24) is 5.32 Å². The molecule has 10 heavy (non-hydrogen) atoms. The Morgan fingerprint density at radius 2 is 2.10 bits per heavy atom. The lowest BCUT2D eigenvalue weighted by Crippen LogP contribution is -2.20. The van der Waals surface area contributed by atoms with Crippen molar-refractivity contribution in [2.24, 2.45) is 0 Å². The minimum atomic E-state index is 0.0471. The van der Waals surface area contributed by atoms with Crippen LogP contribution in [-0.4, -0.2) is 18.3 Å². The second-order valence-corrected chi connectivity index (χ2v) is 2.61. The predicted molar refractivity (Wildman–Crippen MR) is 43.3 cm³/mol. The number of unbranched alkanes of at least 4 members (excludes halogenated alkanes) is 2. The summed E-state index contributed by atoms with van der Waals surface area (Å²) >= 11 is 5.46. The summed E-state index contributed by atoms with van der Waals surface area (Å²) in [6.07, 6.45) is 3.18. The molecule has 0 saturated carbocycles. The molecule has 1 N–H and O–H groups in total. The standard InChI is InChI=1S/C7H14ClNO/c1-7(10)9-6-4-2-3-5-8/h2-6H2,1H3,(H,9,10). The predicted octanol–water partition coefficient (Wildman–Crippen LogP) is 1.53. The molecule has 0 bridgehead atoms. The zero-order valence-corrected chi connectivity index (χ0v) is 7.08. The van der Waals surface area contributed by atoms with Crippen molar-refractivity contribution < 1.29 is 4.79 Å². The number of alkyl halides is 1. The number of halogens is 1. The number of hydrogen-bond donors (Lipinski definition) is 1. The van der Waals surface area contributed by atoms with E-state index in [0.717, 1.165) is 31.7 Å². The SMILES string of the molecule is CC(=O)NCCCCCCl. The van der Waals surface area contributed by atoms with E-state index in [9.17, 15) is 4.79 Å². The molecule has 0 aromatic heterocycles. The largest absolute Gasteiger partial charge is 0.356 e. The maximum absolute atomic E-state index is 10.3. The Morgan fingerprint density at radius 1 is 1.40 bits per heavy atom. The number of carbonyl (C=O) groups excluding carboxylic acids is 1. The maximum atomic E-state index is 10.3. The van der Waals surface area contributed by atoms with Crippen LogP contribution in [-0.2, 0) is 4.79 Å². The summed E-state index contributed by atoms with van der Waals surface area (Å²) in [6.45, 7) is 2.31. The molecule has 0 aliphatic rings. The van der Waals surface area contributed by atoms with Crippen LogP contribution in [0.2, 0.25) is 0 Å². The molecule has 0 atom stereocenters. The molecular formula is C7H14ClNO. The highest BCUT2D eigenvalue weighted by atomic mass is 35.5. The zero-order valence-electron chi connectivity index (χ0n) is 6.32. The molecule has 0 saturated heterocycles. The van der Waals surface area contributed by atoms with Gasteiger partial charge in [-0.25, -0.2) is 0 Å². The van der Waals surface area contributed by atoms with Crippen LogP contribution in [0.3, 0.4) is 0 Å². The fraction of sp³-hybridized carbons (Fsp3) is 0.857. The van der Waals surface area contributed by atoms with Crippen molar-refractivity contribution in [3.63, 3.8) is 0 Å². The van der Waals surface area contributed by atoms with Gasteiger partial charge in [0.15, 0.2) is 0 Å². The quantitative estimate of drug-likeness (QED) is 0.484. The first-order valence-corrected chi connectivity index (χ1v) is 4.11. The summed E-state index contributed by atoms with van der Waals surface area (Å²) in [6, 6.07) is 0. The van der Waals surface area contributed by atoms with Gasteiger partial charge in [0.1, 0.15) is 0 Å². The third-order valence-electron chi connectivity index (χ3n) is 1.18. The number of hydrogen-bond acceptors (Lipinski definition) is 1. The molecule has 3 heteroatoms. The van der Waals surface area contributed by atoms with Gasteiger partial charge in [0.05, 0.1) is 0 Å². The van der Waals surface area contributed by atoms with E-state index in [1.807, 2.05) is 0 Å². The van der Waals surface area contributed by atoms with Crippen molar-refractivity contribution in [2.75, 3.05) is 12.4 Å². The Hall–Kier alpha value is -0.240. The molecule has 0 aromatic rings. The fourth-order valence-corrected chi connectivity index (χ4v) is 0.850. The van der Waals surface area contributed by atoms with Gasteiger partial charge in [0.2, 0.25) is 5.91 Å². The summed E-state index contributed by atoms with van der Waals surface area (Å²) in [4.78, 5) is 10.3. The van der Waals surface area contributed by atoms with E-state index in [4.69, 9.17) is 11.6 Å². The molecule has 0 aromatic carbocycles. The smallest absolute Gasteiger partial charge is 0.216 e. The molecule has 0 unspecified atom stereocenters. The highest BCUT2D eigenvalue weighted by Crippen LogP contribution is 1.94. The second kappa shape index (κ2) is 6.87. The highest BCUT2D eigenvalue weighted by Gasteiger charge is 1.89. The van der Waals surface area contributed by atoms with Crippen LogP contribution in [0.15, 0.2) is 0 Å². The first-order valence-electron chi connectivity index (χ1n) is 3.57. The maximum Gasteiger partial charge on any atom is 0.216 e. The van der Waals surface area contributed by atoms with E-state index < -0.39 is 0 Å². The van der Waals surface area contributed by atoms with Gasteiger partial charge in [0.25, 0.3) is 0 Å². The lowest BCUT2D eigenvalue weighted by atomic mass is 10.2. The number of carbonyl (C=O) groups is 1.